The Balaban J connectivity index is 1.82. The molecule has 23 heavy (non-hydrogen) atoms. The van der Waals surface area contributed by atoms with Gasteiger partial charge in [-0.15, -0.1) is 0 Å². The number of hydrogen-bond acceptors (Lipinski definition) is 2. The van der Waals surface area contributed by atoms with Crippen molar-refractivity contribution in [1.29, 1.82) is 5.26 Å². The fraction of sp³-hybridized carbons (Fsp3) is 0.111. The highest BCUT2D eigenvalue weighted by atomic mass is 79.9. The average Bonchev–Trinajstić information content (AvgIpc) is 3.17. The first-order valence-electron chi connectivity index (χ1n) is 7.29. The molecule has 0 fully saturated rings. The van der Waals surface area contributed by atoms with Crippen LogP contribution in [0.3, 0.4) is 0 Å². The molecule has 2 aromatic carbocycles. The highest BCUT2D eigenvalue weighted by Gasteiger charge is 2.12. The molecule has 112 valence electrons. The summed E-state index contributed by atoms with van der Waals surface area (Å²) in [6.45, 7) is 2.11. The molecule has 0 saturated heterocycles. The third-order valence-electron chi connectivity index (χ3n) is 4.13. The number of nitriles is 1. The van der Waals surface area contributed by atoms with Gasteiger partial charge in [-0.25, -0.2) is 4.98 Å². The molecular formula is C18H13BrN4. The molecule has 4 aromatic rings. The van der Waals surface area contributed by atoms with Gasteiger partial charge < -0.3 is 9.97 Å². The van der Waals surface area contributed by atoms with Gasteiger partial charge >= 0.3 is 0 Å². The molecule has 0 saturated carbocycles. The molecule has 0 atom stereocenters. The molecular weight excluding hydrogens is 352 g/mol. The average molecular weight is 365 g/mol. The third kappa shape index (κ3) is 2.32. The van der Waals surface area contributed by atoms with Crippen LogP contribution in [0, 0.1) is 18.3 Å². The first kappa shape index (κ1) is 14.0. The number of nitrogens with zero attached hydrogens (tertiary/aromatic N) is 2. The summed E-state index contributed by atoms with van der Waals surface area (Å²) in [5.41, 5.74) is 6.01. The van der Waals surface area contributed by atoms with E-state index in [0.29, 0.717) is 5.56 Å². The number of hydrogen-bond donors (Lipinski definition) is 2. The van der Waals surface area contributed by atoms with Gasteiger partial charge in [0.05, 0.1) is 28.2 Å². The van der Waals surface area contributed by atoms with Crippen LogP contribution in [0.1, 0.15) is 22.5 Å². The van der Waals surface area contributed by atoms with E-state index in [0.717, 1.165) is 33.3 Å². The van der Waals surface area contributed by atoms with Gasteiger partial charge in [0.25, 0.3) is 0 Å². The topological polar surface area (TPSA) is 68.3 Å². The zero-order chi connectivity index (χ0) is 16.0. The van der Waals surface area contributed by atoms with Gasteiger partial charge in [-0.05, 0) is 64.3 Å². The Labute approximate surface area is 141 Å². The van der Waals surface area contributed by atoms with Crippen LogP contribution in [-0.2, 0) is 6.42 Å². The molecule has 5 heteroatoms. The molecule has 0 unspecified atom stereocenters. The van der Waals surface area contributed by atoms with Crippen molar-refractivity contribution in [1.82, 2.24) is 15.0 Å². The van der Waals surface area contributed by atoms with E-state index in [-0.39, 0.29) is 0 Å². The standard InChI is InChI=1S/C18H13BrN4/c1-10-6-14(19)18-12(4-5-21-18)13(10)8-17-22-15-3-2-11(9-20)7-16(15)23-17/h2-7,21H,8H2,1H3,(H,22,23). The highest BCUT2D eigenvalue weighted by molar-refractivity contribution is 9.10. The van der Waals surface area contributed by atoms with E-state index >= 15 is 0 Å². The van der Waals surface area contributed by atoms with Crippen molar-refractivity contribution in [2.45, 2.75) is 13.3 Å². The second kappa shape index (κ2) is 5.25. The molecule has 0 radical (unpaired) electrons. The molecule has 2 aromatic heterocycles. The van der Waals surface area contributed by atoms with Crippen LogP contribution in [0.15, 0.2) is 41.0 Å². The molecule has 4 rings (SSSR count). The molecule has 4 nitrogen and oxygen atoms in total. The van der Waals surface area contributed by atoms with E-state index in [1.54, 1.807) is 6.07 Å². The minimum atomic E-state index is 0.639. The molecule has 0 amide bonds. The van der Waals surface area contributed by atoms with Crippen LogP contribution < -0.4 is 0 Å². The number of aryl methyl sites for hydroxylation is 1. The molecule has 2 N–H and O–H groups in total. The smallest absolute Gasteiger partial charge is 0.111 e. The van der Waals surface area contributed by atoms with Gasteiger partial charge in [-0.1, -0.05) is 0 Å². The summed E-state index contributed by atoms with van der Waals surface area (Å²) in [4.78, 5) is 11.3. The summed E-state index contributed by atoms with van der Waals surface area (Å²) in [5, 5.41) is 10.2. The van der Waals surface area contributed by atoms with Crippen LogP contribution >= 0.6 is 15.9 Å². The van der Waals surface area contributed by atoms with Crippen molar-refractivity contribution in [3.8, 4) is 6.07 Å². The maximum Gasteiger partial charge on any atom is 0.111 e. The van der Waals surface area contributed by atoms with Crippen LogP contribution in [0.5, 0.6) is 0 Å². The van der Waals surface area contributed by atoms with Crippen LogP contribution in [0.2, 0.25) is 0 Å². The van der Waals surface area contributed by atoms with Gasteiger partial charge in [0, 0.05) is 22.5 Å². The molecule has 0 spiro atoms. The molecule has 0 bridgehead atoms. The van der Waals surface area contributed by atoms with Crippen molar-refractivity contribution >= 4 is 37.9 Å². The lowest BCUT2D eigenvalue weighted by atomic mass is 10.0. The van der Waals surface area contributed by atoms with Gasteiger partial charge in [0.1, 0.15) is 5.82 Å². The molecule has 0 aliphatic heterocycles. The fourth-order valence-corrected chi connectivity index (χ4v) is 3.67. The Hall–Kier alpha value is -2.58. The number of H-pyrrole nitrogens is 2. The zero-order valence-corrected chi connectivity index (χ0v) is 14.0. The van der Waals surface area contributed by atoms with E-state index < -0.39 is 0 Å². The van der Waals surface area contributed by atoms with Crippen LogP contribution in [0.25, 0.3) is 21.9 Å². The van der Waals surface area contributed by atoms with Gasteiger partial charge in [-0.2, -0.15) is 5.26 Å². The number of aromatic amines is 2. The van der Waals surface area contributed by atoms with E-state index in [1.807, 2.05) is 18.3 Å². The van der Waals surface area contributed by atoms with Gasteiger partial charge in [0.2, 0.25) is 0 Å². The Morgan fingerprint density at radius 1 is 1.26 bits per heavy atom. The van der Waals surface area contributed by atoms with E-state index in [9.17, 15) is 0 Å². The second-order valence-corrected chi connectivity index (χ2v) is 6.48. The van der Waals surface area contributed by atoms with Crippen molar-refractivity contribution in [2.75, 3.05) is 0 Å². The normalized spacial score (nSPS) is 11.2. The number of aromatic nitrogens is 3. The number of fused-ring (bicyclic) bond motifs is 2. The minimum absolute atomic E-state index is 0.639. The van der Waals surface area contributed by atoms with Crippen LogP contribution in [0.4, 0.5) is 0 Å². The predicted octanol–water partition coefficient (Wildman–Crippen LogP) is 4.58. The lowest BCUT2D eigenvalue weighted by Crippen LogP contribution is -1.95. The summed E-state index contributed by atoms with van der Waals surface area (Å²) < 4.78 is 1.07. The van der Waals surface area contributed by atoms with Gasteiger partial charge in [0.15, 0.2) is 0 Å². The third-order valence-corrected chi connectivity index (χ3v) is 4.76. The first-order chi connectivity index (χ1) is 11.2. The van der Waals surface area contributed by atoms with Crippen molar-refractivity contribution in [2.24, 2.45) is 0 Å². The summed E-state index contributed by atoms with van der Waals surface area (Å²) in [5.74, 6) is 0.906. The van der Waals surface area contributed by atoms with E-state index in [4.69, 9.17) is 5.26 Å². The SMILES string of the molecule is Cc1cc(Br)c2[nH]ccc2c1Cc1nc2ccc(C#N)cc2[nH]1. The summed E-state index contributed by atoms with van der Waals surface area (Å²) in [7, 11) is 0. The fourth-order valence-electron chi connectivity index (χ4n) is 3.00. The lowest BCUT2D eigenvalue weighted by molar-refractivity contribution is 1.04. The first-order valence-corrected chi connectivity index (χ1v) is 8.09. The lowest BCUT2D eigenvalue weighted by Gasteiger charge is -2.08. The van der Waals surface area contributed by atoms with Gasteiger partial charge in [-0.3, -0.25) is 0 Å². The number of imidazole rings is 1. The van der Waals surface area contributed by atoms with E-state index in [1.165, 1.54) is 16.5 Å². The number of nitrogens with one attached hydrogen (secondary N) is 2. The molecule has 0 aliphatic carbocycles. The second-order valence-electron chi connectivity index (χ2n) is 5.62. The number of rotatable bonds is 2. The van der Waals surface area contributed by atoms with E-state index in [2.05, 4.69) is 56.0 Å². The summed E-state index contributed by atoms with van der Waals surface area (Å²) >= 11 is 3.61. The molecule has 0 aliphatic rings. The molecule has 2 heterocycles. The monoisotopic (exact) mass is 364 g/mol. The highest BCUT2D eigenvalue weighted by Crippen LogP contribution is 2.30. The van der Waals surface area contributed by atoms with Crippen molar-refractivity contribution < 1.29 is 0 Å². The maximum atomic E-state index is 9.00. The Morgan fingerprint density at radius 2 is 2.13 bits per heavy atom. The zero-order valence-electron chi connectivity index (χ0n) is 12.4. The van der Waals surface area contributed by atoms with Crippen LogP contribution in [-0.4, -0.2) is 15.0 Å². The number of benzene rings is 2. The van der Waals surface area contributed by atoms with Crippen molar-refractivity contribution in [3.63, 3.8) is 0 Å². The number of halogens is 1. The Kier molecular flexibility index (Phi) is 3.21. The maximum absolute atomic E-state index is 9.00. The minimum Gasteiger partial charge on any atom is -0.360 e. The summed E-state index contributed by atoms with van der Waals surface area (Å²) in [6.07, 6.45) is 2.68. The van der Waals surface area contributed by atoms with Crippen molar-refractivity contribution in [3.05, 3.63) is 63.5 Å². The predicted molar refractivity (Wildman–Crippen MR) is 94.4 cm³/mol. The largest absolute Gasteiger partial charge is 0.360 e. The Bertz CT molecular complexity index is 1080. The quantitative estimate of drug-likeness (QED) is 0.546. The Morgan fingerprint density at radius 3 is 2.96 bits per heavy atom. The summed E-state index contributed by atoms with van der Waals surface area (Å²) in [6, 6.07) is 11.9.